The average molecular weight is 467 g/mol. The maximum absolute atomic E-state index is 14.0. The summed E-state index contributed by atoms with van der Waals surface area (Å²) in [5.41, 5.74) is 6.63. The molecule has 2 aromatic heterocycles. The van der Waals surface area contributed by atoms with Gasteiger partial charge in [-0.05, 0) is 56.2 Å². The molecule has 3 aromatic carbocycles. The predicted molar refractivity (Wildman–Crippen MR) is 137 cm³/mol. The molecule has 0 saturated heterocycles. The second kappa shape index (κ2) is 9.22. The maximum Gasteiger partial charge on any atom is 0.256 e. The molecule has 0 saturated carbocycles. The van der Waals surface area contributed by atoms with Crippen molar-refractivity contribution in [3.63, 3.8) is 0 Å². The van der Waals surface area contributed by atoms with Crippen LogP contribution in [0.2, 0.25) is 0 Å². The normalized spacial score (nSPS) is 11.2. The van der Waals surface area contributed by atoms with Crippen molar-refractivity contribution in [3.8, 4) is 0 Å². The smallest absolute Gasteiger partial charge is 0.256 e. The number of hydrogen-bond acceptors (Lipinski definition) is 2. The third-order valence-electron chi connectivity index (χ3n) is 6.59. The van der Waals surface area contributed by atoms with Gasteiger partial charge >= 0.3 is 0 Å². The van der Waals surface area contributed by atoms with Crippen molar-refractivity contribution >= 4 is 22.6 Å². The Morgan fingerprint density at radius 1 is 0.914 bits per heavy atom. The third-order valence-corrected chi connectivity index (χ3v) is 6.59. The quantitative estimate of drug-likeness (QED) is 0.322. The van der Waals surface area contributed by atoms with Gasteiger partial charge in [-0.25, -0.2) is 4.39 Å². The van der Waals surface area contributed by atoms with Crippen LogP contribution in [0.4, 0.5) is 10.2 Å². The molecule has 5 rings (SSSR count). The van der Waals surface area contributed by atoms with Gasteiger partial charge in [-0.2, -0.15) is 5.10 Å². The van der Waals surface area contributed by atoms with E-state index in [1.54, 1.807) is 28.9 Å². The number of rotatable bonds is 6. The summed E-state index contributed by atoms with van der Waals surface area (Å²) in [6.07, 6.45) is 0. The first-order valence-electron chi connectivity index (χ1n) is 11.6. The van der Waals surface area contributed by atoms with E-state index in [-0.39, 0.29) is 11.7 Å². The molecule has 0 aliphatic heterocycles. The molecule has 1 amide bonds. The van der Waals surface area contributed by atoms with Gasteiger partial charge in [-0.1, -0.05) is 48.5 Å². The SMILES string of the molecule is Cc1c(C)n(Cc2ccccc2)c2ccc(C(=O)Nc3cc(C)n(Cc4ccccc4F)n3)cc12. The second-order valence-electron chi connectivity index (χ2n) is 8.89. The third kappa shape index (κ3) is 4.47. The van der Waals surface area contributed by atoms with E-state index in [1.165, 1.54) is 17.3 Å². The summed E-state index contributed by atoms with van der Waals surface area (Å²) in [4.78, 5) is 13.1. The molecule has 176 valence electrons. The summed E-state index contributed by atoms with van der Waals surface area (Å²) in [5, 5.41) is 8.43. The zero-order valence-electron chi connectivity index (χ0n) is 20.0. The van der Waals surface area contributed by atoms with E-state index in [2.05, 4.69) is 41.0 Å². The maximum atomic E-state index is 14.0. The number of aromatic nitrogens is 3. The van der Waals surface area contributed by atoms with Crippen LogP contribution in [0.5, 0.6) is 0 Å². The molecule has 5 nitrogen and oxygen atoms in total. The van der Waals surface area contributed by atoms with Crippen LogP contribution in [0.3, 0.4) is 0 Å². The van der Waals surface area contributed by atoms with E-state index >= 15 is 0 Å². The first-order chi connectivity index (χ1) is 16.9. The summed E-state index contributed by atoms with van der Waals surface area (Å²) in [6.45, 7) is 7.17. The molecule has 0 unspecified atom stereocenters. The average Bonchev–Trinajstić information content (AvgIpc) is 3.32. The van der Waals surface area contributed by atoms with Gasteiger partial charge in [-0.15, -0.1) is 0 Å². The summed E-state index contributed by atoms with van der Waals surface area (Å²) in [5.74, 6) is -0.0556. The number of aryl methyl sites for hydroxylation is 2. The van der Waals surface area contributed by atoms with Crippen LogP contribution in [0.1, 0.15) is 38.4 Å². The van der Waals surface area contributed by atoms with Crippen molar-refractivity contribution in [1.82, 2.24) is 14.3 Å². The first kappa shape index (κ1) is 22.6. The number of amides is 1. The Balaban J connectivity index is 1.38. The van der Waals surface area contributed by atoms with Crippen molar-refractivity contribution < 1.29 is 9.18 Å². The highest BCUT2D eigenvalue weighted by atomic mass is 19.1. The number of anilines is 1. The van der Waals surface area contributed by atoms with Crippen LogP contribution >= 0.6 is 0 Å². The van der Waals surface area contributed by atoms with Crippen molar-refractivity contribution in [1.29, 1.82) is 0 Å². The summed E-state index contributed by atoms with van der Waals surface area (Å²) in [7, 11) is 0. The number of carbonyl (C=O) groups is 1. The highest BCUT2D eigenvalue weighted by molar-refractivity contribution is 6.06. The molecule has 0 radical (unpaired) electrons. The number of benzene rings is 3. The number of carbonyl (C=O) groups excluding carboxylic acids is 1. The Bertz CT molecular complexity index is 1530. The molecule has 1 N–H and O–H groups in total. The van der Waals surface area contributed by atoms with E-state index in [0.29, 0.717) is 23.5 Å². The van der Waals surface area contributed by atoms with Crippen LogP contribution in [-0.4, -0.2) is 20.3 Å². The molecule has 0 aliphatic rings. The zero-order chi connectivity index (χ0) is 24.5. The van der Waals surface area contributed by atoms with Crippen LogP contribution in [0, 0.1) is 26.6 Å². The lowest BCUT2D eigenvalue weighted by Gasteiger charge is -2.09. The Labute approximate surface area is 203 Å². The van der Waals surface area contributed by atoms with Gasteiger partial charge in [0, 0.05) is 46.0 Å². The molecule has 6 heteroatoms. The highest BCUT2D eigenvalue weighted by Gasteiger charge is 2.16. The fraction of sp³-hybridized carbons (Fsp3) is 0.172. The van der Waals surface area contributed by atoms with Gasteiger partial charge in [0.05, 0.1) is 6.54 Å². The van der Waals surface area contributed by atoms with E-state index in [0.717, 1.165) is 28.7 Å². The Morgan fingerprint density at radius 2 is 1.66 bits per heavy atom. The lowest BCUT2D eigenvalue weighted by atomic mass is 10.1. The molecule has 0 fully saturated rings. The monoisotopic (exact) mass is 466 g/mol. The minimum absolute atomic E-state index is 0.227. The first-order valence-corrected chi connectivity index (χ1v) is 11.6. The second-order valence-corrected chi connectivity index (χ2v) is 8.89. The largest absolute Gasteiger partial charge is 0.340 e. The fourth-order valence-corrected chi connectivity index (χ4v) is 4.47. The number of halogens is 1. The van der Waals surface area contributed by atoms with Gasteiger partial charge in [0.15, 0.2) is 5.82 Å². The molecule has 0 spiro atoms. The van der Waals surface area contributed by atoms with E-state index in [4.69, 9.17) is 0 Å². The highest BCUT2D eigenvalue weighted by Crippen LogP contribution is 2.27. The molecular formula is C29H27FN4O. The molecular weight excluding hydrogens is 439 g/mol. The van der Waals surface area contributed by atoms with Gasteiger partial charge in [0.25, 0.3) is 5.91 Å². The van der Waals surface area contributed by atoms with Gasteiger partial charge < -0.3 is 9.88 Å². The lowest BCUT2D eigenvalue weighted by Crippen LogP contribution is -2.13. The van der Waals surface area contributed by atoms with Crippen molar-refractivity contribution in [2.24, 2.45) is 0 Å². The van der Waals surface area contributed by atoms with Crippen molar-refractivity contribution in [2.45, 2.75) is 33.9 Å². The Hall–Kier alpha value is -4.19. The molecule has 0 aliphatic carbocycles. The van der Waals surface area contributed by atoms with Crippen molar-refractivity contribution in [2.75, 3.05) is 5.32 Å². The summed E-state index contributed by atoms with van der Waals surface area (Å²) >= 11 is 0. The zero-order valence-corrected chi connectivity index (χ0v) is 20.0. The lowest BCUT2D eigenvalue weighted by molar-refractivity contribution is 0.102. The van der Waals surface area contributed by atoms with Crippen LogP contribution in [0.15, 0.2) is 78.9 Å². The Kier molecular flexibility index (Phi) is 5.95. The predicted octanol–water partition coefficient (Wildman–Crippen LogP) is 6.25. The van der Waals surface area contributed by atoms with Crippen molar-refractivity contribution in [3.05, 3.63) is 118 Å². The van der Waals surface area contributed by atoms with E-state index < -0.39 is 0 Å². The van der Waals surface area contributed by atoms with Gasteiger partial charge in [0.1, 0.15) is 5.82 Å². The van der Waals surface area contributed by atoms with E-state index in [9.17, 15) is 9.18 Å². The number of nitrogens with zero attached hydrogens (tertiary/aromatic N) is 3. The minimum atomic E-state index is -0.272. The van der Waals surface area contributed by atoms with Crippen LogP contribution in [0.25, 0.3) is 10.9 Å². The van der Waals surface area contributed by atoms with E-state index in [1.807, 2.05) is 43.3 Å². The number of nitrogens with one attached hydrogen (secondary N) is 1. The molecule has 5 aromatic rings. The number of hydrogen-bond donors (Lipinski definition) is 1. The summed E-state index contributed by atoms with van der Waals surface area (Å²) < 4.78 is 18.0. The Morgan fingerprint density at radius 3 is 2.43 bits per heavy atom. The summed E-state index contributed by atoms with van der Waals surface area (Å²) in [6, 6.07) is 24.6. The number of fused-ring (bicyclic) bond motifs is 1. The molecule has 0 bridgehead atoms. The minimum Gasteiger partial charge on any atom is -0.340 e. The topological polar surface area (TPSA) is 51.9 Å². The molecule has 35 heavy (non-hydrogen) atoms. The van der Waals surface area contributed by atoms with Crippen LogP contribution in [-0.2, 0) is 13.1 Å². The standard InChI is InChI=1S/C29H27FN4O/c1-19-15-28(32-34(19)18-24-11-7-8-12-26(24)30)31-29(35)23-13-14-27-25(16-23)20(2)21(3)33(27)17-22-9-5-4-6-10-22/h4-16H,17-18H2,1-3H3,(H,31,32,35). The van der Waals surface area contributed by atoms with Gasteiger partial charge in [0.2, 0.25) is 0 Å². The molecule has 0 atom stereocenters. The fourth-order valence-electron chi connectivity index (χ4n) is 4.47. The van der Waals surface area contributed by atoms with Crippen LogP contribution < -0.4 is 5.32 Å². The molecule has 2 heterocycles. The van der Waals surface area contributed by atoms with Gasteiger partial charge in [-0.3, -0.25) is 9.48 Å².